The Bertz CT molecular complexity index is 1520. The minimum atomic E-state index is -5.08. The molecule has 1 heterocycles. The molecule has 1 aromatic heterocycles. The molecule has 0 aliphatic heterocycles. The average molecular weight is 600 g/mol. The Morgan fingerprint density at radius 2 is 1.71 bits per heavy atom. The zero-order chi connectivity index (χ0) is 31.0. The van der Waals surface area contributed by atoms with Gasteiger partial charge in [0.1, 0.15) is 23.3 Å². The molecule has 0 bridgehead atoms. The highest BCUT2D eigenvalue weighted by Gasteiger charge is 2.38. The number of aliphatic carboxylic acids is 2. The van der Waals surface area contributed by atoms with Gasteiger partial charge in [-0.3, -0.25) is 15.0 Å². The van der Waals surface area contributed by atoms with Gasteiger partial charge in [-0.2, -0.15) is 17.9 Å². The third kappa shape index (κ3) is 10.0. The topological polar surface area (TPSA) is 226 Å². The minimum absolute atomic E-state index is 0.0649. The first-order chi connectivity index (χ1) is 19.0. The van der Waals surface area contributed by atoms with Gasteiger partial charge in [-0.1, -0.05) is 41.6 Å². The molecule has 1 amide bonds. The van der Waals surface area contributed by atoms with Gasteiger partial charge in [0.25, 0.3) is 0 Å². The molecule has 0 saturated heterocycles. The fourth-order valence-corrected chi connectivity index (χ4v) is 4.30. The van der Waals surface area contributed by atoms with Crippen LogP contribution in [0.5, 0.6) is 0 Å². The molecule has 13 nitrogen and oxygen atoms in total. The number of benzene rings is 2. The maximum atomic E-state index is 12.5. The van der Waals surface area contributed by atoms with E-state index in [2.05, 4.69) is 15.2 Å². The summed E-state index contributed by atoms with van der Waals surface area (Å²) in [6.07, 6.45) is -5.31. The van der Waals surface area contributed by atoms with E-state index >= 15 is 0 Å². The van der Waals surface area contributed by atoms with Gasteiger partial charge in [-0.15, -0.1) is 0 Å². The molecule has 3 aromatic rings. The molecule has 0 spiro atoms. The second-order valence-electron chi connectivity index (χ2n) is 8.28. The number of carbonyl (C=O) groups excluding carboxylic acids is 1. The van der Waals surface area contributed by atoms with E-state index in [0.717, 1.165) is 0 Å². The van der Waals surface area contributed by atoms with E-state index in [1.54, 1.807) is 49.4 Å². The van der Waals surface area contributed by atoms with Crippen molar-refractivity contribution < 1.29 is 50.7 Å². The first kappa shape index (κ1) is 32.4. The maximum Gasteiger partial charge on any atom is 0.490 e. The Balaban J connectivity index is 0.000000745. The van der Waals surface area contributed by atoms with Crippen LogP contribution in [0.2, 0.25) is 0 Å². The van der Waals surface area contributed by atoms with E-state index in [1.807, 2.05) is 0 Å². The summed E-state index contributed by atoms with van der Waals surface area (Å²) < 4.78 is 64.0. The lowest BCUT2D eigenvalue weighted by Gasteiger charge is -2.15. The molecular weight excluding hydrogens is 575 g/mol. The number of hydrogen-bond donors (Lipinski definition) is 6. The summed E-state index contributed by atoms with van der Waals surface area (Å²) >= 11 is 0. The van der Waals surface area contributed by atoms with Crippen LogP contribution in [0.4, 0.5) is 13.2 Å². The van der Waals surface area contributed by atoms with Gasteiger partial charge < -0.3 is 25.8 Å². The van der Waals surface area contributed by atoms with Crippen molar-refractivity contribution in [2.45, 2.75) is 30.5 Å². The van der Waals surface area contributed by atoms with E-state index in [-0.39, 0.29) is 22.9 Å². The maximum absolute atomic E-state index is 12.5. The first-order valence-corrected chi connectivity index (χ1v) is 12.8. The van der Waals surface area contributed by atoms with Gasteiger partial charge in [0.05, 0.1) is 11.3 Å². The van der Waals surface area contributed by atoms with Crippen molar-refractivity contribution in [3.05, 3.63) is 71.5 Å². The number of rotatable bonds is 10. The first-order valence-electron chi connectivity index (χ1n) is 11.3. The van der Waals surface area contributed by atoms with Gasteiger partial charge >= 0.3 is 18.1 Å². The lowest BCUT2D eigenvalue weighted by Crippen LogP contribution is -2.48. The largest absolute Gasteiger partial charge is 0.490 e. The highest BCUT2D eigenvalue weighted by molar-refractivity contribution is 7.89. The number of hydrogen-bond acceptors (Lipinski definition) is 8. The molecule has 2 aromatic carbocycles. The molecule has 0 radical (unpaired) electrons. The van der Waals surface area contributed by atoms with E-state index in [4.69, 9.17) is 25.6 Å². The van der Waals surface area contributed by atoms with Crippen molar-refractivity contribution in [2.75, 3.05) is 6.54 Å². The van der Waals surface area contributed by atoms with Crippen LogP contribution in [0.25, 0.3) is 11.3 Å². The molecule has 0 unspecified atom stereocenters. The summed E-state index contributed by atoms with van der Waals surface area (Å²) in [5.41, 5.74) is 7.84. The molecule has 41 heavy (non-hydrogen) atoms. The number of nitrogens with two attached hydrogens (primary N) is 1. The zero-order valence-electron chi connectivity index (χ0n) is 21.1. The summed E-state index contributed by atoms with van der Waals surface area (Å²) in [4.78, 5) is 32.6. The Kier molecular flexibility index (Phi) is 10.7. The van der Waals surface area contributed by atoms with Crippen molar-refractivity contribution in [3.8, 4) is 11.3 Å². The number of amides is 1. The van der Waals surface area contributed by atoms with Gasteiger partial charge in [0, 0.05) is 23.7 Å². The number of nitrogens with zero attached hydrogens (tertiary/aromatic N) is 1. The number of carbonyl (C=O) groups is 3. The van der Waals surface area contributed by atoms with E-state index in [1.165, 1.54) is 12.1 Å². The number of alkyl halides is 3. The molecular formula is C24H24F3N5O8S. The van der Waals surface area contributed by atoms with Crippen molar-refractivity contribution >= 4 is 33.7 Å². The molecule has 1 atom stereocenters. The number of aromatic nitrogens is 1. The summed E-state index contributed by atoms with van der Waals surface area (Å²) in [5, 5.41) is 30.2. The summed E-state index contributed by atoms with van der Waals surface area (Å²) in [6, 6.07) is 12.7. The average Bonchev–Trinajstić information content (AvgIpc) is 3.34. The second-order valence-corrected chi connectivity index (χ2v) is 10.00. The predicted molar refractivity (Wildman–Crippen MR) is 136 cm³/mol. The number of nitrogens with one attached hydrogen (secondary N) is 3. The van der Waals surface area contributed by atoms with Gasteiger partial charge in [0.2, 0.25) is 15.9 Å². The minimum Gasteiger partial charge on any atom is -0.480 e. The van der Waals surface area contributed by atoms with Crippen molar-refractivity contribution in [3.63, 3.8) is 0 Å². The highest BCUT2D eigenvalue weighted by atomic mass is 32.2. The van der Waals surface area contributed by atoms with Crippen molar-refractivity contribution in [1.29, 1.82) is 5.41 Å². The van der Waals surface area contributed by atoms with Crippen LogP contribution in [-0.2, 0) is 30.8 Å². The quantitative estimate of drug-likeness (QED) is 0.146. The number of halogens is 3. The molecule has 3 rings (SSSR count). The Morgan fingerprint density at radius 1 is 1.10 bits per heavy atom. The van der Waals surface area contributed by atoms with Gasteiger partial charge in [-0.25, -0.2) is 13.2 Å². The lowest BCUT2D eigenvalue weighted by atomic mass is 10.1. The number of carboxylic acids is 2. The Morgan fingerprint density at radius 3 is 2.22 bits per heavy atom. The normalized spacial score (nSPS) is 12.0. The molecule has 0 aliphatic rings. The second kappa shape index (κ2) is 13.5. The van der Waals surface area contributed by atoms with Crippen LogP contribution in [0, 0.1) is 12.3 Å². The SMILES string of the molecule is Cc1cccc(S(=O)(=O)N[C@@H](CNC(=O)Cc2cc(-c3ccc(C(=N)N)cc3)no2)C(=O)O)c1.O=C(O)C(F)(F)F. The Hall–Kier alpha value is -4.77. The third-order valence-electron chi connectivity index (χ3n) is 5.03. The van der Waals surface area contributed by atoms with Crippen LogP contribution in [0.15, 0.2) is 64.0 Å². The monoisotopic (exact) mass is 599 g/mol. The zero-order valence-corrected chi connectivity index (χ0v) is 21.9. The van der Waals surface area contributed by atoms with E-state index in [0.29, 0.717) is 22.4 Å². The van der Waals surface area contributed by atoms with E-state index in [9.17, 15) is 36.3 Å². The third-order valence-corrected chi connectivity index (χ3v) is 6.50. The standard InChI is InChI=1S/C22H23N5O6S.C2HF3O2/c1-13-3-2-4-17(9-13)34(31,32)27-19(22(29)30)12-25-20(28)11-16-10-18(26-33-16)14-5-7-15(8-6-14)21(23)24;3-2(4,5)1(6)7/h2-10,19,27H,11-12H2,1H3,(H3,23,24)(H,25,28)(H,29,30);(H,6,7)/t19-;/m0./s1. The van der Waals surface area contributed by atoms with Crippen LogP contribution < -0.4 is 15.8 Å². The smallest absolute Gasteiger partial charge is 0.480 e. The van der Waals surface area contributed by atoms with Crippen LogP contribution >= 0.6 is 0 Å². The van der Waals surface area contributed by atoms with Gasteiger partial charge in [-0.05, 0) is 24.6 Å². The predicted octanol–water partition coefficient (Wildman–Crippen LogP) is 1.66. The number of nitrogen functional groups attached to an aromatic ring is 1. The highest BCUT2D eigenvalue weighted by Crippen LogP contribution is 2.20. The molecule has 17 heteroatoms. The number of carboxylic acid groups (broad SMARTS) is 2. The number of sulfonamides is 1. The van der Waals surface area contributed by atoms with Gasteiger partial charge in [0.15, 0.2) is 0 Å². The Labute approximate surface area is 230 Å². The fraction of sp³-hybridized carbons (Fsp3) is 0.208. The summed E-state index contributed by atoms with van der Waals surface area (Å²) in [6.45, 7) is 1.25. The van der Waals surface area contributed by atoms with Crippen molar-refractivity contribution in [2.24, 2.45) is 5.73 Å². The lowest BCUT2D eigenvalue weighted by molar-refractivity contribution is -0.192. The molecule has 0 aliphatic carbocycles. The van der Waals surface area contributed by atoms with Crippen molar-refractivity contribution in [1.82, 2.24) is 15.2 Å². The van der Waals surface area contributed by atoms with Crippen LogP contribution in [0.3, 0.4) is 0 Å². The summed E-state index contributed by atoms with van der Waals surface area (Å²) in [5.74, 6) is -4.60. The number of amidine groups is 1. The number of aryl methyl sites for hydroxylation is 1. The van der Waals surface area contributed by atoms with Crippen LogP contribution in [0.1, 0.15) is 16.9 Å². The fourth-order valence-electron chi connectivity index (χ4n) is 3.01. The molecule has 220 valence electrons. The molecule has 0 saturated carbocycles. The summed E-state index contributed by atoms with van der Waals surface area (Å²) in [7, 11) is -4.10. The molecule has 7 N–H and O–H groups in total. The van der Waals surface area contributed by atoms with Crippen LogP contribution in [-0.4, -0.2) is 66.2 Å². The van der Waals surface area contributed by atoms with E-state index < -0.39 is 46.6 Å². The molecule has 0 fully saturated rings.